The van der Waals surface area contributed by atoms with Crippen LogP contribution in [-0.2, 0) is 20.8 Å². The molecule has 0 radical (unpaired) electrons. The summed E-state index contributed by atoms with van der Waals surface area (Å²) in [6, 6.07) is 9.21. The second-order valence-corrected chi connectivity index (χ2v) is 8.13. The third-order valence-corrected chi connectivity index (χ3v) is 5.98. The number of carbonyl (C=O) groups excluding carboxylic acids is 2. The van der Waals surface area contributed by atoms with E-state index < -0.39 is 6.09 Å². The van der Waals surface area contributed by atoms with Crippen molar-refractivity contribution >= 4 is 29.4 Å². The molecule has 0 bridgehead atoms. The number of nitrogens with zero attached hydrogens (tertiary/aromatic N) is 1. The zero-order valence-electron chi connectivity index (χ0n) is 16.5. The van der Waals surface area contributed by atoms with Gasteiger partial charge in [-0.1, -0.05) is 29.8 Å². The standard InChI is InChI=1S/C21H25ClN4O4/c22-17-4-2-1-3-14(17)12-23-21(28)30-16-9-15(10-16)18-11-19(26-25-18)24-20(27)13-5-7-29-8-6-13/h1-4,11,13,15-16H,5-10,12H2,(H,23,28)(H2,24,25,26,27). The van der Waals surface area contributed by atoms with E-state index in [4.69, 9.17) is 21.1 Å². The monoisotopic (exact) mass is 432 g/mol. The van der Waals surface area contributed by atoms with Gasteiger partial charge in [0.05, 0.1) is 5.69 Å². The molecule has 1 aromatic heterocycles. The van der Waals surface area contributed by atoms with Gasteiger partial charge in [0.1, 0.15) is 11.9 Å². The van der Waals surface area contributed by atoms with E-state index in [9.17, 15) is 9.59 Å². The van der Waals surface area contributed by atoms with E-state index in [-0.39, 0.29) is 23.8 Å². The Hall–Kier alpha value is -2.58. The summed E-state index contributed by atoms with van der Waals surface area (Å²) in [6.45, 7) is 1.58. The van der Waals surface area contributed by atoms with Gasteiger partial charge in [0.25, 0.3) is 0 Å². The fourth-order valence-electron chi connectivity index (χ4n) is 3.71. The molecule has 9 heteroatoms. The molecule has 8 nitrogen and oxygen atoms in total. The van der Waals surface area contributed by atoms with Gasteiger partial charge in [-0.15, -0.1) is 0 Å². The molecule has 0 unspecified atom stereocenters. The zero-order valence-corrected chi connectivity index (χ0v) is 17.3. The molecule has 4 rings (SSSR count). The summed E-state index contributed by atoms with van der Waals surface area (Å²) in [5.41, 5.74) is 1.71. The van der Waals surface area contributed by atoms with Crippen molar-refractivity contribution in [2.75, 3.05) is 18.5 Å². The molecule has 1 saturated heterocycles. The van der Waals surface area contributed by atoms with Crippen molar-refractivity contribution < 1.29 is 19.1 Å². The highest BCUT2D eigenvalue weighted by Crippen LogP contribution is 2.38. The van der Waals surface area contributed by atoms with Crippen LogP contribution in [0.5, 0.6) is 0 Å². The van der Waals surface area contributed by atoms with Crippen molar-refractivity contribution in [3.05, 3.63) is 46.6 Å². The first-order chi connectivity index (χ1) is 14.6. The number of hydrogen-bond acceptors (Lipinski definition) is 5. The number of amides is 2. The van der Waals surface area contributed by atoms with Gasteiger partial charge in [-0.25, -0.2) is 4.79 Å². The second kappa shape index (κ2) is 9.49. The van der Waals surface area contributed by atoms with Gasteiger partial charge in [-0.2, -0.15) is 5.10 Å². The molecule has 30 heavy (non-hydrogen) atoms. The molecule has 0 atom stereocenters. The Labute approximate surface area is 179 Å². The zero-order chi connectivity index (χ0) is 20.9. The van der Waals surface area contributed by atoms with Gasteiger partial charge in [0, 0.05) is 42.7 Å². The average Bonchev–Trinajstić information content (AvgIpc) is 3.18. The minimum absolute atomic E-state index is 0.00138. The normalized spacial score (nSPS) is 21.5. The first-order valence-corrected chi connectivity index (χ1v) is 10.6. The van der Waals surface area contributed by atoms with Crippen molar-refractivity contribution in [1.82, 2.24) is 15.5 Å². The van der Waals surface area contributed by atoms with Crippen molar-refractivity contribution in [2.24, 2.45) is 5.92 Å². The van der Waals surface area contributed by atoms with E-state index in [0.717, 1.165) is 24.1 Å². The summed E-state index contributed by atoms with van der Waals surface area (Å²) in [4.78, 5) is 24.3. The fourth-order valence-corrected chi connectivity index (χ4v) is 3.91. The molecular weight excluding hydrogens is 408 g/mol. The number of rotatable bonds is 6. The Morgan fingerprint density at radius 1 is 1.23 bits per heavy atom. The summed E-state index contributed by atoms with van der Waals surface area (Å²) in [6.07, 6.45) is 2.30. The molecule has 0 spiro atoms. The number of carbonyl (C=O) groups is 2. The number of hydrogen-bond donors (Lipinski definition) is 3. The van der Waals surface area contributed by atoms with Gasteiger partial charge in [0.15, 0.2) is 0 Å². The number of aromatic amines is 1. The molecule has 2 heterocycles. The van der Waals surface area contributed by atoms with E-state index in [1.165, 1.54) is 0 Å². The molecule has 1 aliphatic heterocycles. The van der Waals surface area contributed by atoms with E-state index >= 15 is 0 Å². The van der Waals surface area contributed by atoms with Crippen LogP contribution in [0.25, 0.3) is 0 Å². The fraction of sp³-hybridized carbons (Fsp3) is 0.476. The van der Waals surface area contributed by atoms with E-state index in [0.29, 0.717) is 43.4 Å². The van der Waals surface area contributed by atoms with Crippen LogP contribution in [-0.4, -0.2) is 41.5 Å². The second-order valence-electron chi connectivity index (χ2n) is 7.72. The molecule has 160 valence electrons. The van der Waals surface area contributed by atoms with Crippen LogP contribution in [0.1, 0.15) is 42.9 Å². The molecule has 1 saturated carbocycles. The predicted molar refractivity (Wildman–Crippen MR) is 111 cm³/mol. The Bertz CT molecular complexity index is 891. The average molecular weight is 433 g/mol. The van der Waals surface area contributed by atoms with Crippen molar-refractivity contribution in [2.45, 2.75) is 44.2 Å². The highest BCUT2D eigenvalue weighted by atomic mass is 35.5. The van der Waals surface area contributed by atoms with Crippen molar-refractivity contribution in [3.8, 4) is 0 Å². The number of H-pyrrole nitrogens is 1. The number of halogens is 1. The molecule has 2 amide bonds. The minimum atomic E-state index is -0.454. The maximum atomic E-state index is 12.3. The molecule has 2 fully saturated rings. The molecule has 1 aliphatic carbocycles. The molecule has 2 aliphatic rings. The van der Waals surface area contributed by atoms with Crippen LogP contribution in [0, 0.1) is 5.92 Å². The number of aromatic nitrogens is 2. The smallest absolute Gasteiger partial charge is 0.407 e. The van der Waals surface area contributed by atoms with Gasteiger partial charge in [0.2, 0.25) is 5.91 Å². The Kier molecular flexibility index (Phi) is 6.54. The predicted octanol–water partition coefficient (Wildman–Crippen LogP) is 3.60. The van der Waals surface area contributed by atoms with Crippen LogP contribution in [0.2, 0.25) is 5.02 Å². The third-order valence-electron chi connectivity index (χ3n) is 5.62. The highest BCUT2D eigenvalue weighted by Gasteiger charge is 2.35. The summed E-state index contributed by atoms with van der Waals surface area (Å²) in [7, 11) is 0. The third kappa shape index (κ3) is 5.12. The van der Waals surface area contributed by atoms with Gasteiger partial charge in [-0.3, -0.25) is 9.89 Å². The summed E-state index contributed by atoms with van der Waals surface area (Å²) >= 11 is 6.08. The first-order valence-electron chi connectivity index (χ1n) is 10.2. The molecular formula is C21H25ClN4O4. The lowest BCUT2D eigenvalue weighted by atomic mass is 9.80. The largest absolute Gasteiger partial charge is 0.446 e. The van der Waals surface area contributed by atoms with E-state index in [1.54, 1.807) is 6.07 Å². The maximum absolute atomic E-state index is 12.3. The minimum Gasteiger partial charge on any atom is -0.446 e. The number of ether oxygens (including phenoxy) is 2. The number of alkyl carbamates (subject to hydrolysis) is 1. The Morgan fingerprint density at radius 2 is 2.00 bits per heavy atom. The highest BCUT2D eigenvalue weighted by molar-refractivity contribution is 6.31. The topological polar surface area (TPSA) is 105 Å². The number of anilines is 1. The van der Waals surface area contributed by atoms with Crippen LogP contribution in [0.4, 0.5) is 10.6 Å². The van der Waals surface area contributed by atoms with Gasteiger partial charge >= 0.3 is 6.09 Å². The number of benzene rings is 1. The van der Waals surface area contributed by atoms with Crippen LogP contribution in [0.3, 0.4) is 0 Å². The lowest BCUT2D eigenvalue weighted by Gasteiger charge is -2.33. The SMILES string of the molecule is O=C(NCc1ccccc1Cl)OC1CC(c2cc(NC(=O)C3CCOCC3)[nH]n2)C1. The lowest BCUT2D eigenvalue weighted by Crippen LogP contribution is -2.36. The van der Waals surface area contributed by atoms with Gasteiger partial charge in [-0.05, 0) is 37.3 Å². The summed E-state index contributed by atoms with van der Waals surface area (Å²) in [5, 5.41) is 13.4. The molecule has 1 aromatic carbocycles. The number of nitrogens with one attached hydrogen (secondary N) is 3. The first kappa shape index (κ1) is 20.7. The molecule has 3 N–H and O–H groups in total. The van der Waals surface area contributed by atoms with Crippen molar-refractivity contribution in [3.63, 3.8) is 0 Å². The van der Waals surface area contributed by atoms with E-state index in [2.05, 4.69) is 20.8 Å². The van der Waals surface area contributed by atoms with Crippen LogP contribution < -0.4 is 10.6 Å². The van der Waals surface area contributed by atoms with Crippen LogP contribution >= 0.6 is 11.6 Å². The Balaban J connectivity index is 1.19. The summed E-state index contributed by atoms with van der Waals surface area (Å²) < 4.78 is 10.7. The lowest BCUT2D eigenvalue weighted by molar-refractivity contribution is -0.122. The van der Waals surface area contributed by atoms with E-state index in [1.807, 2.05) is 24.3 Å². The van der Waals surface area contributed by atoms with Gasteiger partial charge < -0.3 is 20.1 Å². The van der Waals surface area contributed by atoms with Crippen LogP contribution in [0.15, 0.2) is 30.3 Å². The van der Waals surface area contributed by atoms with Crippen molar-refractivity contribution in [1.29, 1.82) is 0 Å². The Morgan fingerprint density at radius 3 is 2.77 bits per heavy atom. The molecule has 2 aromatic rings. The summed E-state index contributed by atoms with van der Waals surface area (Å²) in [5.74, 6) is 0.787. The maximum Gasteiger partial charge on any atom is 0.407 e. The quantitative estimate of drug-likeness (QED) is 0.646.